The van der Waals surface area contributed by atoms with Crippen molar-refractivity contribution in [1.82, 2.24) is 15.5 Å². The first-order chi connectivity index (χ1) is 12.0. The molecule has 1 aliphatic carbocycles. The normalized spacial score (nSPS) is 16.5. The van der Waals surface area contributed by atoms with E-state index in [1.807, 2.05) is 26.8 Å². The molecule has 26 heavy (non-hydrogen) atoms. The molecule has 144 valence electrons. The van der Waals surface area contributed by atoms with E-state index in [9.17, 15) is 4.79 Å². The summed E-state index contributed by atoms with van der Waals surface area (Å²) in [6.45, 7) is 6.38. The van der Waals surface area contributed by atoms with E-state index in [1.54, 1.807) is 0 Å². The lowest BCUT2D eigenvalue weighted by Crippen LogP contribution is -2.46. The first kappa shape index (κ1) is 20.6. The van der Waals surface area contributed by atoms with Crippen molar-refractivity contribution in [1.29, 1.82) is 0 Å². The van der Waals surface area contributed by atoms with Crippen LogP contribution in [0.3, 0.4) is 0 Å². The maximum Gasteiger partial charge on any atom is 0.259 e. The van der Waals surface area contributed by atoms with E-state index < -0.39 is 0 Å². The summed E-state index contributed by atoms with van der Waals surface area (Å²) in [5.74, 6) is 0.510. The first-order valence-electron chi connectivity index (χ1n) is 9.29. The van der Waals surface area contributed by atoms with Crippen molar-refractivity contribution in [2.75, 3.05) is 6.54 Å². The number of hydrogen-bond acceptors (Lipinski definition) is 5. The molecule has 1 amide bonds. The second kappa shape index (κ2) is 8.82. The second-order valence-corrected chi connectivity index (χ2v) is 7.43. The number of hydrogen-bond donors (Lipinski definition) is 2. The molecule has 1 fully saturated rings. The summed E-state index contributed by atoms with van der Waals surface area (Å²) in [5, 5.41) is 8.01. The number of fused-ring (bicyclic) bond motifs is 1. The Morgan fingerprint density at radius 2 is 2.04 bits per heavy atom. The number of halogens is 1. The number of carbonyl (C=O) groups excluding carboxylic acids is 1. The Morgan fingerprint density at radius 1 is 1.35 bits per heavy atom. The summed E-state index contributed by atoms with van der Waals surface area (Å²) < 4.78 is 5.36. The van der Waals surface area contributed by atoms with Crippen LogP contribution in [-0.4, -0.2) is 28.6 Å². The third-order valence-corrected chi connectivity index (χ3v) is 5.18. The first-order valence-corrected chi connectivity index (χ1v) is 9.29. The lowest BCUT2D eigenvalue weighted by atomic mass is 9.83. The molecule has 0 spiro atoms. The Morgan fingerprint density at radius 3 is 2.65 bits per heavy atom. The van der Waals surface area contributed by atoms with Gasteiger partial charge in [-0.3, -0.25) is 4.79 Å². The van der Waals surface area contributed by atoms with Crippen molar-refractivity contribution < 1.29 is 9.32 Å². The van der Waals surface area contributed by atoms with Crippen LogP contribution >= 0.6 is 12.4 Å². The van der Waals surface area contributed by atoms with Gasteiger partial charge in [-0.1, -0.05) is 38.3 Å². The number of nitrogens with one attached hydrogen (secondary N) is 1. The van der Waals surface area contributed by atoms with Crippen LogP contribution in [0, 0.1) is 12.8 Å². The predicted molar refractivity (Wildman–Crippen MR) is 105 cm³/mol. The van der Waals surface area contributed by atoms with Crippen molar-refractivity contribution in [2.45, 2.75) is 64.8 Å². The van der Waals surface area contributed by atoms with Gasteiger partial charge >= 0.3 is 0 Å². The Balaban J connectivity index is 0.00000243. The van der Waals surface area contributed by atoms with E-state index in [0.29, 0.717) is 23.7 Å². The maximum atomic E-state index is 13.0. The molecule has 0 saturated heterocycles. The van der Waals surface area contributed by atoms with Gasteiger partial charge in [-0.05, 0) is 37.7 Å². The number of nitrogens with zero attached hydrogens (tertiary/aromatic N) is 2. The summed E-state index contributed by atoms with van der Waals surface area (Å²) in [7, 11) is 0. The van der Waals surface area contributed by atoms with Gasteiger partial charge in [-0.15, -0.1) is 12.4 Å². The Labute approximate surface area is 160 Å². The van der Waals surface area contributed by atoms with Crippen molar-refractivity contribution in [2.24, 2.45) is 11.7 Å². The fourth-order valence-electron chi connectivity index (χ4n) is 3.82. The SMILES string of the molecule is Cc1cc(C(=O)NC(CN)C2CCCCC2)c2c(C(C)C)noc2n1.Cl. The molecule has 2 aromatic rings. The highest BCUT2D eigenvalue weighted by atomic mass is 35.5. The average molecular weight is 381 g/mol. The summed E-state index contributed by atoms with van der Waals surface area (Å²) in [4.78, 5) is 17.4. The molecular formula is C19H29ClN4O2. The predicted octanol–water partition coefficient (Wildman–Crippen LogP) is 3.71. The molecule has 0 bridgehead atoms. The van der Waals surface area contributed by atoms with E-state index >= 15 is 0 Å². The molecule has 2 aromatic heterocycles. The summed E-state index contributed by atoms with van der Waals surface area (Å²) in [6, 6.07) is 1.83. The Hall–Kier alpha value is -1.66. The van der Waals surface area contributed by atoms with Gasteiger partial charge in [0, 0.05) is 18.3 Å². The van der Waals surface area contributed by atoms with Gasteiger partial charge in [0.2, 0.25) is 0 Å². The van der Waals surface area contributed by atoms with E-state index in [2.05, 4.69) is 15.5 Å². The highest BCUT2D eigenvalue weighted by molar-refractivity contribution is 6.06. The van der Waals surface area contributed by atoms with Crippen molar-refractivity contribution in [3.8, 4) is 0 Å². The van der Waals surface area contributed by atoms with Gasteiger partial charge in [0.15, 0.2) is 0 Å². The topological polar surface area (TPSA) is 94.0 Å². The number of aryl methyl sites for hydroxylation is 1. The maximum absolute atomic E-state index is 13.0. The molecule has 1 unspecified atom stereocenters. The molecule has 6 nitrogen and oxygen atoms in total. The minimum absolute atomic E-state index is 0. The number of aromatic nitrogens is 2. The molecule has 1 atom stereocenters. The van der Waals surface area contributed by atoms with Crippen LogP contribution in [0.1, 0.15) is 73.6 Å². The van der Waals surface area contributed by atoms with Crippen LogP contribution in [-0.2, 0) is 0 Å². The Bertz CT molecular complexity index is 753. The van der Waals surface area contributed by atoms with E-state index in [1.165, 1.54) is 19.3 Å². The zero-order valence-corrected chi connectivity index (χ0v) is 16.6. The summed E-state index contributed by atoms with van der Waals surface area (Å²) in [6.07, 6.45) is 6.00. The quantitative estimate of drug-likeness (QED) is 0.824. The third kappa shape index (κ3) is 4.18. The van der Waals surface area contributed by atoms with Gasteiger partial charge in [0.1, 0.15) is 0 Å². The van der Waals surface area contributed by atoms with Gasteiger partial charge < -0.3 is 15.6 Å². The van der Waals surface area contributed by atoms with Crippen molar-refractivity contribution >= 4 is 29.4 Å². The molecular weight excluding hydrogens is 352 g/mol. The lowest BCUT2D eigenvalue weighted by Gasteiger charge is -2.30. The molecule has 1 saturated carbocycles. The van der Waals surface area contributed by atoms with E-state index in [-0.39, 0.29) is 30.3 Å². The minimum Gasteiger partial charge on any atom is -0.348 e. The van der Waals surface area contributed by atoms with Crippen LogP contribution in [0.2, 0.25) is 0 Å². The van der Waals surface area contributed by atoms with Gasteiger partial charge in [-0.2, -0.15) is 0 Å². The second-order valence-electron chi connectivity index (χ2n) is 7.43. The molecule has 0 aliphatic heterocycles. The zero-order valence-electron chi connectivity index (χ0n) is 15.7. The molecule has 2 heterocycles. The summed E-state index contributed by atoms with van der Waals surface area (Å²) >= 11 is 0. The van der Waals surface area contributed by atoms with Crippen LogP contribution in [0.25, 0.3) is 11.1 Å². The number of pyridine rings is 1. The van der Waals surface area contributed by atoms with Gasteiger partial charge in [-0.25, -0.2) is 4.98 Å². The van der Waals surface area contributed by atoms with Crippen molar-refractivity contribution in [3.05, 3.63) is 23.0 Å². The van der Waals surface area contributed by atoms with Gasteiger partial charge in [0.05, 0.1) is 16.6 Å². The van der Waals surface area contributed by atoms with Crippen LogP contribution in [0.5, 0.6) is 0 Å². The number of carbonyl (C=O) groups is 1. The molecule has 0 radical (unpaired) electrons. The van der Waals surface area contributed by atoms with Crippen LogP contribution < -0.4 is 11.1 Å². The summed E-state index contributed by atoms with van der Waals surface area (Å²) in [5.41, 5.74) is 8.50. The van der Waals surface area contributed by atoms with E-state index in [0.717, 1.165) is 29.6 Å². The largest absolute Gasteiger partial charge is 0.348 e. The third-order valence-electron chi connectivity index (χ3n) is 5.18. The lowest BCUT2D eigenvalue weighted by molar-refractivity contribution is 0.0917. The number of nitrogens with two attached hydrogens (primary N) is 1. The van der Waals surface area contributed by atoms with Crippen LogP contribution in [0.4, 0.5) is 0 Å². The molecule has 0 aromatic carbocycles. The van der Waals surface area contributed by atoms with E-state index in [4.69, 9.17) is 10.3 Å². The molecule has 7 heteroatoms. The fourth-order valence-corrected chi connectivity index (χ4v) is 3.82. The average Bonchev–Trinajstić information content (AvgIpc) is 3.03. The number of rotatable bonds is 5. The highest BCUT2D eigenvalue weighted by Crippen LogP contribution is 2.29. The molecule has 1 aliphatic rings. The monoisotopic (exact) mass is 380 g/mol. The number of amides is 1. The highest BCUT2D eigenvalue weighted by Gasteiger charge is 2.27. The smallest absolute Gasteiger partial charge is 0.259 e. The standard InChI is InChI=1S/C19H28N4O2.ClH/c1-11(2)17-16-14(9-12(3)21-19(16)25-23-17)18(24)22-15(10-20)13-7-5-4-6-8-13;/h9,11,13,15H,4-8,10,20H2,1-3H3,(H,22,24);1H. The van der Waals surface area contributed by atoms with Crippen molar-refractivity contribution in [3.63, 3.8) is 0 Å². The Kier molecular flexibility index (Phi) is 7.01. The van der Waals surface area contributed by atoms with Crippen LogP contribution in [0.15, 0.2) is 10.6 Å². The minimum atomic E-state index is -0.110. The fraction of sp³-hybridized carbons (Fsp3) is 0.632. The molecule has 3 rings (SSSR count). The zero-order chi connectivity index (χ0) is 18.0. The molecule has 3 N–H and O–H groups in total. The van der Waals surface area contributed by atoms with Gasteiger partial charge in [0.25, 0.3) is 11.6 Å².